The largest absolute Gasteiger partial charge is 0.343 e. The number of hydrogen-bond donors (Lipinski definition) is 1. The van der Waals surface area contributed by atoms with Crippen LogP contribution in [0.2, 0.25) is 0 Å². The SMILES string of the molecule is CC(C)N1CCN(Cc2ccc(Nc3ncc(F)c(-c4cn(C(C)C)c5cccnc45)n3)nc2)CC1. The van der Waals surface area contributed by atoms with Crippen LogP contribution in [0.4, 0.5) is 16.2 Å². The van der Waals surface area contributed by atoms with E-state index in [-0.39, 0.29) is 17.7 Å². The van der Waals surface area contributed by atoms with Gasteiger partial charge in [0.1, 0.15) is 11.5 Å². The molecule has 1 N–H and O–H groups in total. The lowest BCUT2D eigenvalue weighted by atomic mass is 10.2. The quantitative estimate of drug-likeness (QED) is 0.397. The average molecular weight is 489 g/mol. The van der Waals surface area contributed by atoms with Crippen LogP contribution in [0.5, 0.6) is 0 Å². The third-order valence-corrected chi connectivity index (χ3v) is 6.75. The van der Waals surface area contributed by atoms with Crippen molar-refractivity contribution in [2.24, 2.45) is 0 Å². The van der Waals surface area contributed by atoms with Gasteiger partial charge in [0.15, 0.2) is 5.82 Å². The highest BCUT2D eigenvalue weighted by molar-refractivity contribution is 5.92. The topological polar surface area (TPSA) is 75.0 Å². The van der Waals surface area contributed by atoms with E-state index < -0.39 is 5.82 Å². The maximum atomic E-state index is 14.9. The van der Waals surface area contributed by atoms with Gasteiger partial charge in [-0.2, -0.15) is 0 Å². The summed E-state index contributed by atoms with van der Waals surface area (Å²) in [6, 6.07) is 8.65. The number of piperazine rings is 1. The second-order valence-corrected chi connectivity index (χ2v) is 9.89. The molecular weight excluding hydrogens is 455 g/mol. The van der Waals surface area contributed by atoms with Gasteiger partial charge in [-0.15, -0.1) is 0 Å². The Morgan fingerprint density at radius 3 is 2.44 bits per heavy atom. The van der Waals surface area contributed by atoms with E-state index >= 15 is 0 Å². The first-order chi connectivity index (χ1) is 17.4. The van der Waals surface area contributed by atoms with Crippen LogP contribution in [-0.4, -0.2) is 66.5 Å². The van der Waals surface area contributed by atoms with Crippen molar-refractivity contribution >= 4 is 22.8 Å². The van der Waals surface area contributed by atoms with Crippen molar-refractivity contribution in [2.75, 3.05) is 31.5 Å². The monoisotopic (exact) mass is 488 g/mol. The van der Waals surface area contributed by atoms with E-state index in [2.05, 4.69) is 73.4 Å². The third-order valence-electron chi connectivity index (χ3n) is 6.75. The molecule has 188 valence electrons. The highest BCUT2D eigenvalue weighted by atomic mass is 19.1. The summed E-state index contributed by atoms with van der Waals surface area (Å²) in [6.07, 6.45) is 6.69. The van der Waals surface area contributed by atoms with Crippen LogP contribution in [0.1, 0.15) is 39.3 Å². The van der Waals surface area contributed by atoms with E-state index in [1.54, 1.807) is 6.20 Å². The van der Waals surface area contributed by atoms with Gasteiger partial charge >= 0.3 is 0 Å². The first-order valence-corrected chi connectivity index (χ1v) is 12.6. The van der Waals surface area contributed by atoms with Gasteiger partial charge < -0.3 is 9.88 Å². The fraction of sp³-hybridized carbons (Fsp3) is 0.407. The first kappa shape index (κ1) is 24.3. The lowest BCUT2D eigenvalue weighted by molar-refractivity contribution is 0.104. The number of anilines is 2. The molecule has 5 heterocycles. The van der Waals surface area contributed by atoms with Crippen molar-refractivity contribution in [3.05, 3.63) is 60.4 Å². The molecule has 4 aromatic rings. The Morgan fingerprint density at radius 2 is 1.75 bits per heavy atom. The number of fused-ring (bicyclic) bond motifs is 1. The molecule has 0 unspecified atom stereocenters. The normalized spacial score (nSPS) is 15.3. The second kappa shape index (κ2) is 10.3. The Balaban J connectivity index is 1.31. The van der Waals surface area contributed by atoms with Crippen molar-refractivity contribution in [1.82, 2.24) is 34.3 Å². The molecule has 8 nitrogen and oxygen atoms in total. The Labute approximate surface area is 211 Å². The number of nitrogens with zero attached hydrogens (tertiary/aromatic N) is 7. The number of halogens is 1. The van der Waals surface area contributed by atoms with Crippen molar-refractivity contribution < 1.29 is 4.39 Å². The fourth-order valence-electron chi connectivity index (χ4n) is 4.70. The molecule has 0 atom stereocenters. The van der Waals surface area contributed by atoms with Gasteiger partial charge in [0.2, 0.25) is 5.95 Å². The van der Waals surface area contributed by atoms with Gasteiger partial charge in [-0.3, -0.25) is 14.8 Å². The smallest absolute Gasteiger partial charge is 0.229 e. The van der Waals surface area contributed by atoms with Gasteiger partial charge in [-0.1, -0.05) is 6.07 Å². The zero-order valence-electron chi connectivity index (χ0n) is 21.3. The van der Waals surface area contributed by atoms with Crippen LogP contribution in [-0.2, 0) is 6.54 Å². The third kappa shape index (κ3) is 5.08. The van der Waals surface area contributed by atoms with E-state index in [4.69, 9.17) is 0 Å². The zero-order valence-corrected chi connectivity index (χ0v) is 21.3. The van der Waals surface area contributed by atoms with Crippen molar-refractivity contribution in [1.29, 1.82) is 0 Å². The summed E-state index contributed by atoms with van der Waals surface area (Å²) in [7, 11) is 0. The molecule has 0 spiro atoms. The Bertz CT molecular complexity index is 1320. The molecule has 9 heteroatoms. The number of aromatic nitrogens is 5. The van der Waals surface area contributed by atoms with Gasteiger partial charge in [0.25, 0.3) is 0 Å². The molecule has 0 amide bonds. The van der Waals surface area contributed by atoms with Crippen LogP contribution in [0.3, 0.4) is 0 Å². The molecule has 0 saturated carbocycles. The molecule has 1 saturated heterocycles. The Kier molecular flexibility index (Phi) is 6.93. The summed E-state index contributed by atoms with van der Waals surface area (Å²) in [4.78, 5) is 22.6. The Hall–Kier alpha value is -3.43. The fourth-order valence-corrected chi connectivity index (χ4v) is 4.70. The molecule has 36 heavy (non-hydrogen) atoms. The number of rotatable bonds is 7. The summed E-state index contributed by atoms with van der Waals surface area (Å²) < 4.78 is 16.9. The van der Waals surface area contributed by atoms with E-state index in [1.807, 2.05) is 30.6 Å². The molecule has 1 aliphatic rings. The van der Waals surface area contributed by atoms with Crippen LogP contribution >= 0.6 is 0 Å². The van der Waals surface area contributed by atoms with E-state index in [0.717, 1.165) is 43.8 Å². The van der Waals surface area contributed by atoms with Crippen LogP contribution < -0.4 is 5.32 Å². The summed E-state index contributed by atoms with van der Waals surface area (Å²) in [5.74, 6) is 0.413. The molecule has 1 fully saturated rings. The lowest BCUT2D eigenvalue weighted by Gasteiger charge is -2.36. The summed E-state index contributed by atoms with van der Waals surface area (Å²) in [5.41, 5.74) is 3.67. The average Bonchev–Trinajstić information content (AvgIpc) is 3.27. The molecule has 0 aliphatic carbocycles. The molecule has 4 aromatic heterocycles. The van der Waals surface area contributed by atoms with Crippen LogP contribution in [0.15, 0.2) is 49.1 Å². The highest BCUT2D eigenvalue weighted by Crippen LogP contribution is 2.32. The summed E-state index contributed by atoms with van der Waals surface area (Å²) in [5, 5.41) is 3.12. The minimum absolute atomic E-state index is 0.203. The van der Waals surface area contributed by atoms with Gasteiger partial charge in [0.05, 0.1) is 17.2 Å². The van der Waals surface area contributed by atoms with E-state index in [1.165, 1.54) is 6.20 Å². The predicted octanol–water partition coefficient (Wildman–Crippen LogP) is 4.88. The maximum Gasteiger partial charge on any atom is 0.229 e. The van der Waals surface area contributed by atoms with E-state index in [9.17, 15) is 4.39 Å². The summed E-state index contributed by atoms with van der Waals surface area (Å²) >= 11 is 0. The van der Waals surface area contributed by atoms with Crippen molar-refractivity contribution in [3.63, 3.8) is 0 Å². The van der Waals surface area contributed by atoms with E-state index in [0.29, 0.717) is 22.9 Å². The van der Waals surface area contributed by atoms with Crippen LogP contribution in [0, 0.1) is 5.82 Å². The first-order valence-electron chi connectivity index (χ1n) is 12.6. The van der Waals surface area contributed by atoms with Crippen molar-refractivity contribution in [3.8, 4) is 11.3 Å². The molecule has 0 aromatic carbocycles. The molecule has 5 rings (SSSR count). The molecule has 0 radical (unpaired) electrons. The number of pyridine rings is 2. The summed E-state index contributed by atoms with van der Waals surface area (Å²) in [6.45, 7) is 13.9. The second-order valence-electron chi connectivity index (χ2n) is 9.89. The number of nitrogens with one attached hydrogen (secondary N) is 1. The van der Waals surface area contributed by atoms with Crippen molar-refractivity contribution in [2.45, 2.75) is 46.3 Å². The van der Waals surface area contributed by atoms with Gasteiger partial charge in [-0.25, -0.2) is 19.3 Å². The van der Waals surface area contributed by atoms with Gasteiger partial charge in [0, 0.05) is 69.0 Å². The van der Waals surface area contributed by atoms with Gasteiger partial charge in [-0.05, 0) is 51.5 Å². The standard InChI is InChI=1S/C27H33FN8/c1-18(2)35-12-10-34(11-13-35)16-20-7-8-24(30-14-20)32-27-31-15-22(28)25(33-27)21-17-36(19(3)4)23-6-5-9-29-26(21)23/h5-9,14-15,17-19H,10-13,16H2,1-4H3,(H,30,31,32,33). The Morgan fingerprint density at radius 1 is 0.944 bits per heavy atom. The predicted molar refractivity (Wildman–Crippen MR) is 141 cm³/mol. The number of hydrogen-bond acceptors (Lipinski definition) is 7. The minimum Gasteiger partial charge on any atom is -0.343 e. The minimum atomic E-state index is -0.491. The highest BCUT2D eigenvalue weighted by Gasteiger charge is 2.20. The lowest BCUT2D eigenvalue weighted by Crippen LogP contribution is -2.48. The molecular formula is C27H33FN8. The van der Waals surface area contributed by atoms with Crippen LogP contribution in [0.25, 0.3) is 22.3 Å². The zero-order chi connectivity index (χ0) is 25.2. The molecule has 1 aliphatic heterocycles. The molecule has 0 bridgehead atoms. The maximum absolute atomic E-state index is 14.9.